The van der Waals surface area contributed by atoms with Crippen LogP contribution in [0.3, 0.4) is 0 Å². The summed E-state index contributed by atoms with van der Waals surface area (Å²) in [7, 11) is 7.22. The quantitative estimate of drug-likeness (QED) is 0.687. The number of carbonyl (C=O) groups is 1. The van der Waals surface area contributed by atoms with Gasteiger partial charge in [0.2, 0.25) is 0 Å². The molecule has 0 bridgehead atoms. The van der Waals surface area contributed by atoms with Gasteiger partial charge in [0.25, 0.3) is 5.91 Å². The molecule has 0 aliphatic carbocycles. The lowest BCUT2D eigenvalue weighted by Crippen LogP contribution is -2.11. The van der Waals surface area contributed by atoms with Gasteiger partial charge in [0.1, 0.15) is 11.6 Å². The summed E-state index contributed by atoms with van der Waals surface area (Å²) in [6.45, 7) is 0. The molecule has 2 N–H and O–H groups in total. The molecule has 4 rings (SSSR count). The maximum absolute atomic E-state index is 14.6. The van der Waals surface area contributed by atoms with Crippen molar-refractivity contribution in [2.24, 2.45) is 4.99 Å². The SMILES string of the molecule is CN(C)c1ccc(F)c(C2=NC(=O)c3c(-c4cc(N(C)C)ccc4F)[nH]c(O)c32)c1. The molecule has 3 aromatic rings. The van der Waals surface area contributed by atoms with E-state index in [0.717, 1.165) is 0 Å². The molecule has 1 aliphatic heterocycles. The van der Waals surface area contributed by atoms with E-state index in [2.05, 4.69) is 9.98 Å². The highest BCUT2D eigenvalue weighted by Gasteiger charge is 2.35. The van der Waals surface area contributed by atoms with Gasteiger partial charge in [0.05, 0.1) is 22.5 Å². The monoisotopic (exact) mass is 410 g/mol. The Balaban J connectivity index is 1.90. The van der Waals surface area contributed by atoms with Gasteiger partial charge in [-0.25, -0.2) is 13.8 Å². The maximum atomic E-state index is 14.6. The lowest BCUT2D eigenvalue weighted by Gasteiger charge is -2.14. The third-order valence-electron chi connectivity index (χ3n) is 5.10. The third kappa shape index (κ3) is 3.01. The molecule has 1 aliphatic rings. The van der Waals surface area contributed by atoms with Crippen LogP contribution in [-0.2, 0) is 0 Å². The van der Waals surface area contributed by atoms with E-state index in [1.165, 1.54) is 12.1 Å². The number of aromatic nitrogens is 1. The van der Waals surface area contributed by atoms with E-state index in [1.807, 2.05) is 0 Å². The highest BCUT2D eigenvalue weighted by molar-refractivity contribution is 6.30. The number of hydrogen-bond donors (Lipinski definition) is 2. The van der Waals surface area contributed by atoms with Crippen molar-refractivity contribution < 1.29 is 18.7 Å². The number of H-pyrrole nitrogens is 1. The molecule has 0 atom stereocenters. The van der Waals surface area contributed by atoms with Crippen LogP contribution in [-0.4, -0.2) is 49.9 Å². The normalized spacial score (nSPS) is 12.7. The standard InChI is InChI=1S/C22H20F2N4O2/c1-27(2)11-5-7-15(23)13(9-11)19-17-18(22(30)25-19)20(26-21(17)29)14-10-12(28(3)4)6-8-16(14)24/h5-10,25,30H,1-4H3. The Morgan fingerprint density at radius 3 is 1.97 bits per heavy atom. The van der Waals surface area contributed by atoms with E-state index in [0.29, 0.717) is 11.4 Å². The molecule has 0 saturated carbocycles. The fourth-order valence-corrected chi connectivity index (χ4v) is 3.50. The van der Waals surface area contributed by atoms with Gasteiger partial charge in [-0.05, 0) is 36.4 Å². The number of nitrogens with zero attached hydrogens (tertiary/aromatic N) is 3. The number of hydrogen-bond acceptors (Lipinski definition) is 4. The molecule has 1 aromatic heterocycles. The Bertz CT molecular complexity index is 1210. The number of nitrogens with one attached hydrogen (secondary N) is 1. The van der Waals surface area contributed by atoms with Crippen LogP contribution in [0.2, 0.25) is 0 Å². The molecule has 1 amide bonds. The lowest BCUT2D eigenvalue weighted by molar-refractivity contribution is 0.101. The number of aromatic amines is 1. The zero-order chi connectivity index (χ0) is 21.7. The van der Waals surface area contributed by atoms with Gasteiger partial charge in [-0.1, -0.05) is 0 Å². The van der Waals surface area contributed by atoms with Crippen molar-refractivity contribution >= 4 is 23.0 Å². The van der Waals surface area contributed by atoms with Crippen molar-refractivity contribution in [3.63, 3.8) is 0 Å². The number of amides is 1. The molecule has 8 heteroatoms. The second-order valence-corrected chi connectivity index (χ2v) is 7.48. The summed E-state index contributed by atoms with van der Waals surface area (Å²) in [6.07, 6.45) is 0. The van der Waals surface area contributed by atoms with Crippen LogP contribution >= 0.6 is 0 Å². The Labute approximate surface area is 172 Å². The molecule has 0 radical (unpaired) electrons. The van der Waals surface area contributed by atoms with Crippen LogP contribution < -0.4 is 9.80 Å². The number of carbonyl (C=O) groups excluding carboxylic acids is 1. The van der Waals surface area contributed by atoms with Gasteiger partial charge in [-0.3, -0.25) is 4.79 Å². The summed E-state index contributed by atoms with van der Waals surface area (Å²) in [5.41, 5.74) is 1.82. The van der Waals surface area contributed by atoms with E-state index >= 15 is 0 Å². The number of rotatable bonds is 4. The molecule has 0 spiro atoms. The molecule has 30 heavy (non-hydrogen) atoms. The molecule has 0 saturated heterocycles. The van der Waals surface area contributed by atoms with Gasteiger partial charge < -0.3 is 19.9 Å². The number of anilines is 2. The van der Waals surface area contributed by atoms with Crippen molar-refractivity contribution in [1.29, 1.82) is 0 Å². The second kappa shape index (κ2) is 6.98. The van der Waals surface area contributed by atoms with Gasteiger partial charge in [-0.2, -0.15) is 0 Å². The Hall–Kier alpha value is -3.68. The molecular formula is C22H20F2N4O2. The van der Waals surface area contributed by atoms with Crippen molar-refractivity contribution in [3.05, 3.63) is 64.7 Å². The van der Waals surface area contributed by atoms with E-state index < -0.39 is 17.5 Å². The fraction of sp³-hybridized carbons (Fsp3) is 0.182. The highest BCUT2D eigenvalue weighted by atomic mass is 19.1. The topological polar surface area (TPSA) is 71.9 Å². The maximum Gasteiger partial charge on any atom is 0.280 e. The zero-order valence-electron chi connectivity index (χ0n) is 16.9. The van der Waals surface area contributed by atoms with Crippen LogP contribution in [0.4, 0.5) is 20.2 Å². The summed E-state index contributed by atoms with van der Waals surface area (Å²) in [5, 5.41) is 10.5. The summed E-state index contributed by atoms with van der Waals surface area (Å²) in [6, 6.07) is 8.89. The fourth-order valence-electron chi connectivity index (χ4n) is 3.50. The van der Waals surface area contributed by atoms with Crippen LogP contribution in [0, 0.1) is 11.6 Å². The predicted octanol–water partition coefficient (Wildman–Crippen LogP) is 3.79. The predicted molar refractivity (Wildman–Crippen MR) is 113 cm³/mol. The number of fused-ring (bicyclic) bond motifs is 1. The van der Waals surface area contributed by atoms with E-state index in [4.69, 9.17) is 0 Å². The minimum absolute atomic E-state index is 0.0142. The van der Waals surface area contributed by atoms with E-state index in [-0.39, 0.29) is 39.5 Å². The van der Waals surface area contributed by atoms with Crippen LogP contribution in [0.25, 0.3) is 11.3 Å². The first-order chi connectivity index (χ1) is 14.2. The van der Waals surface area contributed by atoms with Gasteiger partial charge in [0.15, 0.2) is 5.88 Å². The molecule has 2 aromatic carbocycles. The van der Waals surface area contributed by atoms with Crippen LogP contribution in [0.15, 0.2) is 41.4 Å². The van der Waals surface area contributed by atoms with Crippen molar-refractivity contribution in [2.45, 2.75) is 0 Å². The Morgan fingerprint density at radius 2 is 1.40 bits per heavy atom. The summed E-state index contributed by atoms with van der Waals surface area (Å²) in [5.74, 6) is -2.18. The number of aliphatic imine (C=N–C) groups is 1. The van der Waals surface area contributed by atoms with Crippen molar-refractivity contribution in [2.75, 3.05) is 38.0 Å². The average Bonchev–Trinajstić information content (AvgIpc) is 3.21. The number of halogens is 2. The minimum Gasteiger partial charge on any atom is -0.494 e. The summed E-state index contributed by atoms with van der Waals surface area (Å²) < 4.78 is 29.2. The first-order valence-corrected chi connectivity index (χ1v) is 9.22. The summed E-state index contributed by atoms with van der Waals surface area (Å²) >= 11 is 0. The number of benzene rings is 2. The van der Waals surface area contributed by atoms with Crippen molar-refractivity contribution in [1.82, 2.24) is 4.98 Å². The van der Waals surface area contributed by atoms with Crippen LogP contribution in [0.1, 0.15) is 21.5 Å². The second-order valence-electron chi connectivity index (χ2n) is 7.48. The first-order valence-electron chi connectivity index (χ1n) is 9.22. The van der Waals surface area contributed by atoms with E-state index in [9.17, 15) is 18.7 Å². The van der Waals surface area contributed by atoms with Gasteiger partial charge in [0, 0.05) is 50.7 Å². The van der Waals surface area contributed by atoms with Gasteiger partial charge >= 0.3 is 0 Å². The molecule has 0 unspecified atom stereocenters. The zero-order valence-corrected chi connectivity index (χ0v) is 16.9. The molecule has 2 heterocycles. The molecule has 0 fully saturated rings. The first kappa shape index (κ1) is 19.6. The largest absolute Gasteiger partial charge is 0.494 e. The smallest absolute Gasteiger partial charge is 0.280 e. The molecular weight excluding hydrogens is 390 g/mol. The lowest BCUT2D eigenvalue weighted by atomic mass is 9.99. The minimum atomic E-state index is -0.670. The van der Waals surface area contributed by atoms with Crippen LogP contribution in [0.5, 0.6) is 5.88 Å². The molecule has 6 nitrogen and oxygen atoms in total. The third-order valence-corrected chi connectivity index (χ3v) is 5.10. The Kier molecular flexibility index (Phi) is 4.57. The molecule has 154 valence electrons. The average molecular weight is 410 g/mol. The summed E-state index contributed by atoms with van der Waals surface area (Å²) in [4.78, 5) is 23.0. The number of aromatic hydroxyl groups is 1. The Morgan fingerprint density at radius 1 is 0.867 bits per heavy atom. The van der Waals surface area contributed by atoms with E-state index in [1.54, 1.807) is 62.3 Å². The van der Waals surface area contributed by atoms with Crippen molar-refractivity contribution in [3.8, 4) is 17.1 Å². The highest BCUT2D eigenvalue weighted by Crippen LogP contribution is 2.40. The van der Waals surface area contributed by atoms with Gasteiger partial charge in [-0.15, -0.1) is 0 Å².